The van der Waals surface area contributed by atoms with Gasteiger partial charge >= 0.3 is 0 Å². The molecule has 4 aliphatic rings. The molecule has 2 heterocycles. The predicted molar refractivity (Wildman–Crippen MR) is 165 cm³/mol. The molecule has 4 amide bonds. The average molecular weight is 736 g/mol. The molecule has 3 fully saturated rings. The van der Waals surface area contributed by atoms with Gasteiger partial charge in [-0.05, 0) is 55.0 Å². The third-order valence-electron chi connectivity index (χ3n) is 10.1. The van der Waals surface area contributed by atoms with E-state index < -0.39 is 103 Å². The Morgan fingerprint density at radius 3 is 2.02 bits per heavy atom. The van der Waals surface area contributed by atoms with Crippen LogP contribution in [0, 0.1) is 63.9 Å². The van der Waals surface area contributed by atoms with E-state index in [1.165, 1.54) is 43.3 Å². The number of fused-ring (bicyclic) bond motifs is 4. The molecule has 0 radical (unpaired) electrons. The molecule has 2 aliphatic heterocycles. The summed E-state index contributed by atoms with van der Waals surface area (Å²) >= 11 is 14.2. The largest absolute Gasteiger partial charge is 0.508 e. The van der Waals surface area contributed by atoms with Crippen molar-refractivity contribution in [2.45, 2.75) is 35.4 Å². The number of benzene rings is 3. The normalized spacial score (nSPS) is 28.8. The Hall–Kier alpha value is -4.89. The molecule has 1 N–H and O–H groups in total. The number of nitro groups is 1. The van der Waals surface area contributed by atoms with Crippen molar-refractivity contribution in [1.82, 2.24) is 0 Å². The van der Waals surface area contributed by atoms with Crippen LogP contribution in [0.4, 0.5) is 39.0 Å². The second-order valence-corrected chi connectivity index (χ2v) is 13.8. The molecule has 2 aliphatic carbocycles. The van der Waals surface area contributed by atoms with E-state index in [4.69, 9.17) is 23.2 Å². The molecule has 17 heteroatoms. The number of nitrogens with zero attached hydrogens (tertiary/aromatic N) is 3. The highest BCUT2D eigenvalue weighted by molar-refractivity contribution is 6.58. The fourth-order valence-electron chi connectivity index (χ4n) is 7.78. The number of imide groups is 2. The molecule has 0 bridgehead atoms. The van der Waals surface area contributed by atoms with E-state index in [9.17, 15) is 47.6 Å². The molecular formula is C33H20Cl2F5N3O7. The number of alkyl halides is 2. The van der Waals surface area contributed by atoms with E-state index in [2.05, 4.69) is 0 Å². The lowest BCUT2D eigenvalue weighted by Crippen LogP contribution is -2.60. The maximum absolute atomic E-state index is 15.2. The monoisotopic (exact) mass is 735 g/mol. The van der Waals surface area contributed by atoms with Crippen LogP contribution in [0.2, 0.25) is 0 Å². The first-order chi connectivity index (χ1) is 23.5. The van der Waals surface area contributed by atoms with Gasteiger partial charge in [0.05, 0.1) is 22.4 Å². The summed E-state index contributed by atoms with van der Waals surface area (Å²) in [5.74, 6) is -22.2. The molecule has 6 atom stereocenters. The van der Waals surface area contributed by atoms with Crippen molar-refractivity contribution in [3.05, 3.63) is 104 Å². The number of anilines is 2. The Morgan fingerprint density at radius 1 is 0.840 bits per heavy atom. The molecule has 1 saturated carbocycles. The average Bonchev–Trinajstić information content (AvgIpc) is 3.42. The van der Waals surface area contributed by atoms with Gasteiger partial charge in [0.15, 0.2) is 33.0 Å². The van der Waals surface area contributed by atoms with E-state index in [1.54, 1.807) is 0 Å². The molecule has 6 unspecified atom stereocenters. The standard InChI is InChI=1S/C33H20Cl2F5N3O7/c1-12-10-13(2-9-19(12)44)21-16-7-8-17-20(29(46)41(28(17)45)14-3-5-15(6-4-14)43(49)50)18(16)11-32(34)30(47)42(31(48)33(21,32)35)27-25(39)23(37)22(36)24(38)26(27)40/h2-7,9-10,17-18,20-21,44H,8,11H2,1H3. The number of hydrogen-bond acceptors (Lipinski definition) is 7. The molecule has 2 saturated heterocycles. The van der Waals surface area contributed by atoms with Gasteiger partial charge in [0.25, 0.3) is 17.5 Å². The van der Waals surface area contributed by atoms with Crippen LogP contribution in [-0.4, -0.2) is 43.4 Å². The van der Waals surface area contributed by atoms with Crippen LogP contribution < -0.4 is 9.80 Å². The number of phenolic OH excluding ortho intramolecular Hbond substituents is 1. The lowest BCUT2D eigenvalue weighted by molar-refractivity contribution is -0.384. The molecule has 50 heavy (non-hydrogen) atoms. The van der Waals surface area contributed by atoms with Crippen molar-refractivity contribution in [3.63, 3.8) is 0 Å². The van der Waals surface area contributed by atoms with Crippen molar-refractivity contribution in [3.8, 4) is 5.75 Å². The van der Waals surface area contributed by atoms with Crippen molar-refractivity contribution >= 4 is 63.9 Å². The minimum absolute atomic E-state index is 0.0138. The second kappa shape index (κ2) is 11.1. The maximum Gasteiger partial charge on any atom is 0.269 e. The van der Waals surface area contributed by atoms with Gasteiger partial charge in [0.2, 0.25) is 17.6 Å². The number of carbonyl (C=O) groups excluding carboxylic acids is 4. The van der Waals surface area contributed by atoms with Gasteiger partial charge in [-0.3, -0.25) is 34.2 Å². The zero-order valence-electron chi connectivity index (χ0n) is 25.2. The van der Waals surface area contributed by atoms with Crippen LogP contribution in [0.1, 0.15) is 29.9 Å². The minimum Gasteiger partial charge on any atom is -0.508 e. The molecular weight excluding hydrogens is 716 g/mol. The van der Waals surface area contributed by atoms with Crippen LogP contribution in [0.25, 0.3) is 0 Å². The molecule has 0 spiro atoms. The number of non-ortho nitro benzene ring substituents is 1. The van der Waals surface area contributed by atoms with E-state index >= 15 is 8.78 Å². The van der Waals surface area contributed by atoms with Gasteiger partial charge < -0.3 is 5.11 Å². The number of amides is 4. The lowest BCUT2D eigenvalue weighted by Gasteiger charge is -2.50. The van der Waals surface area contributed by atoms with Gasteiger partial charge in [-0.2, -0.15) is 0 Å². The van der Waals surface area contributed by atoms with E-state index in [0.29, 0.717) is 0 Å². The van der Waals surface area contributed by atoms with E-state index in [1.807, 2.05) is 0 Å². The van der Waals surface area contributed by atoms with Crippen molar-refractivity contribution in [2.24, 2.45) is 17.8 Å². The smallest absolute Gasteiger partial charge is 0.269 e. The summed E-state index contributed by atoms with van der Waals surface area (Å²) in [6.07, 6.45) is 0.745. The fourth-order valence-corrected chi connectivity index (χ4v) is 8.71. The fraction of sp³-hybridized carbons (Fsp3) is 0.273. The first-order valence-electron chi connectivity index (χ1n) is 14.9. The Bertz CT molecular complexity index is 2120. The number of nitro benzene ring substituents is 1. The topological polar surface area (TPSA) is 138 Å². The summed E-state index contributed by atoms with van der Waals surface area (Å²) in [7, 11) is 0. The Balaban J connectivity index is 1.41. The summed E-state index contributed by atoms with van der Waals surface area (Å²) < 4.78 is 73.1. The highest BCUT2D eigenvalue weighted by atomic mass is 35.5. The van der Waals surface area contributed by atoms with Gasteiger partial charge in [0.1, 0.15) is 11.4 Å². The first-order valence-corrected chi connectivity index (χ1v) is 15.6. The van der Waals surface area contributed by atoms with E-state index in [-0.39, 0.29) is 45.1 Å². The molecule has 0 aromatic heterocycles. The Labute approximate surface area is 287 Å². The number of hydrogen-bond donors (Lipinski definition) is 1. The number of aryl methyl sites for hydroxylation is 1. The number of carbonyl (C=O) groups is 4. The predicted octanol–water partition coefficient (Wildman–Crippen LogP) is 6.07. The number of phenols is 1. The van der Waals surface area contributed by atoms with Crippen molar-refractivity contribution in [1.29, 1.82) is 0 Å². The van der Waals surface area contributed by atoms with Gasteiger partial charge in [0, 0.05) is 18.1 Å². The second-order valence-electron chi connectivity index (χ2n) is 12.5. The maximum atomic E-state index is 15.2. The number of rotatable bonds is 4. The van der Waals surface area contributed by atoms with Crippen LogP contribution in [0.5, 0.6) is 5.75 Å². The SMILES string of the molecule is Cc1cc(C2C3=CCC4C(=O)N(c5ccc([N+](=O)[O-])cc5)C(=O)C4C3CC3(Cl)C(=O)N(c4c(F)c(F)c(F)c(F)c4F)C(=O)C23Cl)ccc1O. The first kappa shape index (κ1) is 33.6. The van der Waals surface area contributed by atoms with Crippen molar-refractivity contribution in [2.75, 3.05) is 9.80 Å². The summed E-state index contributed by atoms with van der Waals surface area (Å²) in [5.41, 5.74) is -1.56. The van der Waals surface area contributed by atoms with Crippen molar-refractivity contribution < 1.29 is 51.2 Å². The highest BCUT2D eigenvalue weighted by Gasteiger charge is 2.77. The number of halogens is 7. The van der Waals surface area contributed by atoms with Crippen LogP contribution in [0.15, 0.2) is 54.1 Å². The summed E-state index contributed by atoms with van der Waals surface area (Å²) in [5, 5.41) is 21.4. The number of aromatic hydroxyl groups is 1. The highest BCUT2D eigenvalue weighted by Crippen LogP contribution is 2.66. The minimum atomic E-state index is -2.70. The number of allylic oxidation sites excluding steroid dienone is 2. The van der Waals surface area contributed by atoms with Crippen LogP contribution in [-0.2, 0) is 19.2 Å². The summed E-state index contributed by atoms with van der Waals surface area (Å²) in [4.78, 5) is 62.0. The Morgan fingerprint density at radius 2 is 1.44 bits per heavy atom. The molecule has 10 nitrogen and oxygen atoms in total. The third kappa shape index (κ3) is 4.19. The summed E-state index contributed by atoms with van der Waals surface area (Å²) in [6, 6.07) is 8.55. The van der Waals surface area contributed by atoms with Gasteiger partial charge in [-0.15, -0.1) is 23.2 Å². The summed E-state index contributed by atoms with van der Waals surface area (Å²) in [6.45, 7) is 1.49. The Kier molecular flexibility index (Phi) is 7.43. The van der Waals surface area contributed by atoms with Crippen LogP contribution >= 0.6 is 23.2 Å². The third-order valence-corrected chi connectivity index (χ3v) is 11.5. The zero-order chi connectivity index (χ0) is 36.4. The molecule has 258 valence electrons. The molecule has 7 rings (SSSR count). The van der Waals surface area contributed by atoms with E-state index in [0.717, 1.165) is 17.0 Å². The molecule has 3 aromatic rings. The molecule has 3 aromatic carbocycles. The quantitative estimate of drug-likeness (QED) is 0.0502. The zero-order valence-corrected chi connectivity index (χ0v) is 26.7. The van der Waals surface area contributed by atoms with Crippen LogP contribution in [0.3, 0.4) is 0 Å². The lowest BCUT2D eigenvalue weighted by atomic mass is 9.56. The van der Waals surface area contributed by atoms with Gasteiger partial charge in [-0.1, -0.05) is 23.8 Å². The van der Waals surface area contributed by atoms with Gasteiger partial charge in [-0.25, -0.2) is 26.9 Å².